The lowest BCUT2D eigenvalue weighted by Crippen LogP contribution is -2.00. The predicted octanol–water partition coefficient (Wildman–Crippen LogP) is 3.00. The van der Waals surface area contributed by atoms with Crippen LogP contribution in [0.5, 0.6) is 0 Å². The molecule has 0 saturated carbocycles. The van der Waals surface area contributed by atoms with E-state index in [-0.39, 0.29) is 5.78 Å². The molecule has 0 amide bonds. The van der Waals surface area contributed by atoms with Gasteiger partial charge in [-0.1, -0.05) is 18.3 Å². The molecule has 0 rings (SSSR count). The monoisotopic (exact) mass is 256 g/mol. The number of Topliss-reactive ketones (excluding diaryl/α,β-unsaturated/α-hetero) is 1. The second-order valence-corrected chi connectivity index (χ2v) is 8.76. The van der Waals surface area contributed by atoms with Crippen molar-refractivity contribution in [1.29, 1.82) is 0 Å². The molecule has 0 aliphatic rings. The highest BCUT2D eigenvalue weighted by molar-refractivity contribution is 8.68. The zero-order chi connectivity index (χ0) is 11.0. The van der Waals surface area contributed by atoms with Gasteiger partial charge >= 0.3 is 0 Å². The van der Waals surface area contributed by atoms with Crippen LogP contribution in [0.15, 0.2) is 0 Å². The molecule has 0 aromatic rings. The highest BCUT2D eigenvalue weighted by atomic mass is 32.9. The second kappa shape index (κ2) is 7.83. The van der Waals surface area contributed by atoms with E-state index in [1.807, 2.05) is 20.8 Å². The number of ketones is 1. The summed E-state index contributed by atoms with van der Waals surface area (Å²) in [4.78, 5) is 11.1. The number of carbonyl (C=O) groups is 1. The molecule has 0 radical (unpaired) electrons. The molecule has 0 fully saturated rings. The van der Waals surface area contributed by atoms with Crippen LogP contribution < -0.4 is 0 Å². The van der Waals surface area contributed by atoms with Crippen LogP contribution in [0.25, 0.3) is 0 Å². The average Bonchev–Trinajstić information content (AvgIpc) is 2.15. The Bertz CT molecular complexity index is 211. The summed E-state index contributed by atoms with van der Waals surface area (Å²) in [6.07, 6.45) is 0.542. The number of hydrogen-bond acceptors (Lipinski definition) is 5. The van der Waals surface area contributed by atoms with Crippen LogP contribution in [0.2, 0.25) is 0 Å². The van der Waals surface area contributed by atoms with E-state index in [0.29, 0.717) is 25.4 Å². The van der Waals surface area contributed by atoms with Crippen LogP contribution in [0.4, 0.5) is 0 Å². The Labute approximate surface area is 94.8 Å². The summed E-state index contributed by atoms with van der Waals surface area (Å²) in [5.74, 6) is 0.581. The van der Waals surface area contributed by atoms with Gasteiger partial charge in [0.15, 0.2) is 0 Å². The zero-order valence-corrected chi connectivity index (χ0v) is 11.3. The van der Waals surface area contributed by atoms with E-state index in [4.69, 9.17) is 20.9 Å². The molecule has 84 valence electrons. The minimum absolute atomic E-state index is 0.184. The maximum absolute atomic E-state index is 11.1. The number of carbonyl (C=O) groups excluding carboxylic acids is 1. The maximum Gasteiger partial charge on any atom is 0.247 e. The molecule has 0 aromatic heterocycles. The zero-order valence-electron chi connectivity index (χ0n) is 8.82. The van der Waals surface area contributed by atoms with Crippen LogP contribution in [0, 0.1) is 0 Å². The summed E-state index contributed by atoms with van der Waals surface area (Å²) >= 11 is 6.58. The van der Waals surface area contributed by atoms with Crippen LogP contribution >= 0.6 is 17.1 Å². The van der Waals surface area contributed by atoms with Gasteiger partial charge in [0.05, 0.1) is 19.0 Å². The van der Waals surface area contributed by atoms with Gasteiger partial charge in [-0.15, -0.1) is 0 Å². The van der Waals surface area contributed by atoms with E-state index >= 15 is 0 Å². The Hall–Kier alpha value is 0.590. The average molecular weight is 256 g/mol. The Kier molecular flexibility index (Phi) is 8.16. The van der Waals surface area contributed by atoms with Crippen molar-refractivity contribution in [3.05, 3.63) is 0 Å². The summed E-state index contributed by atoms with van der Waals surface area (Å²) in [5, 5.41) is 0. The van der Waals surface area contributed by atoms with Crippen molar-refractivity contribution >= 4 is 34.7 Å². The fourth-order valence-electron chi connectivity index (χ4n) is 0.681. The molecule has 0 saturated heterocycles. The quantitative estimate of drug-likeness (QED) is 0.624. The summed E-state index contributed by atoms with van der Waals surface area (Å²) in [6, 6.07) is 0. The molecule has 0 aliphatic carbocycles. The normalized spacial score (nSPS) is 11.6. The molecule has 0 aliphatic heterocycles. The van der Waals surface area contributed by atoms with Crippen molar-refractivity contribution in [2.24, 2.45) is 0 Å². The van der Waals surface area contributed by atoms with Crippen molar-refractivity contribution in [3.63, 3.8) is 0 Å². The van der Waals surface area contributed by atoms with Crippen molar-refractivity contribution in [1.82, 2.24) is 0 Å². The van der Waals surface area contributed by atoms with Gasteiger partial charge in [0, 0.05) is 6.42 Å². The number of hydrogen-bond donors (Lipinski definition) is 0. The number of rotatable bonds is 8. The van der Waals surface area contributed by atoms with E-state index < -0.39 is 5.69 Å². The Balaban J connectivity index is 4.08. The first-order valence-electron chi connectivity index (χ1n) is 4.63. The third kappa shape index (κ3) is 6.14. The summed E-state index contributed by atoms with van der Waals surface area (Å²) < 4.78 is 10.8. The van der Waals surface area contributed by atoms with Gasteiger partial charge in [0.25, 0.3) is 0 Å². The molecule has 6 heteroatoms. The van der Waals surface area contributed by atoms with Gasteiger partial charge < -0.3 is 9.05 Å². The molecule has 0 heterocycles. The molecule has 3 nitrogen and oxygen atoms in total. The van der Waals surface area contributed by atoms with E-state index in [1.165, 1.54) is 11.4 Å². The van der Waals surface area contributed by atoms with E-state index in [2.05, 4.69) is 0 Å². The first kappa shape index (κ1) is 14.6. The predicted molar refractivity (Wildman–Crippen MR) is 65.3 cm³/mol. The second-order valence-electron chi connectivity index (χ2n) is 2.45. The maximum atomic E-state index is 11.1. The molecular weight excluding hydrogens is 239 g/mol. The van der Waals surface area contributed by atoms with Crippen LogP contribution in [0.1, 0.15) is 27.2 Å². The third-order valence-corrected chi connectivity index (χ3v) is 6.82. The lowest BCUT2D eigenvalue weighted by molar-refractivity contribution is -0.116. The molecule has 0 spiro atoms. The van der Waals surface area contributed by atoms with Crippen molar-refractivity contribution in [2.45, 2.75) is 27.2 Å². The minimum atomic E-state index is -2.26. The fraction of sp³-hybridized carbons (Fsp3) is 0.875. The lowest BCUT2D eigenvalue weighted by Gasteiger charge is -2.19. The van der Waals surface area contributed by atoms with E-state index in [0.717, 1.165) is 0 Å². The highest BCUT2D eigenvalue weighted by Crippen LogP contribution is 2.60. The molecule has 0 unspecified atom stereocenters. The van der Waals surface area contributed by atoms with Crippen molar-refractivity contribution in [2.75, 3.05) is 19.0 Å². The van der Waals surface area contributed by atoms with Gasteiger partial charge in [-0.05, 0) is 25.7 Å². The lowest BCUT2D eigenvalue weighted by atomic mass is 10.4. The standard InChI is InChI=1S/C8H17O3PS2/c1-4-8(9)7-14-12(13,10-5-2)11-6-3/h4-7H2,1-3H3. The molecule has 0 aromatic carbocycles. The largest absolute Gasteiger partial charge is 0.322 e. The summed E-state index contributed by atoms with van der Waals surface area (Å²) in [5.41, 5.74) is -2.26. The van der Waals surface area contributed by atoms with Crippen LogP contribution in [-0.2, 0) is 25.6 Å². The molecule has 14 heavy (non-hydrogen) atoms. The van der Waals surface area contributed by atoms with Gasteiger partial charge in [-0.2, -0.15) is 0 Å². The Morgan fingerprint density at radius 3 is 2.14 bits per heavy atom. The smallest absolute Gasteiger partial charge is 0.247 e. The Morgan fingerprint density at radius 1 is 1.29 bits per heavy atom. The van der Waals surface area contributed by atoms with Crippen molar-refractivity contribution < 1.29 is 13.8 Å². The third-order valence-electron chi connectivity index (χ3n) is 1.35. The van der Waals surface area contributed by atoms with Gasteiger partial charge in [0.2, 0.25) is 5.69 Å². The highest BCUT2D eigenvalue weighted by Gasteiger charge is 2.19. The van der Waals surface area contributed by atoms with E-state index in [9.17, 15) is 4.79 Å². The van der Waals surface area contributed by atoms with Gasteiger partial charge in [0.1, 0.15) is 5.78 Å². The fourth-order valence-corrected chi connectivity index (χ4v) is 5.14. The molecular formula is C8H17O3PS2. The summed E-state index contributed by atoms with van der Waals surface area (Å²) in [6.45, 7) is 6.66. The van der Waals surface area contributed by atoms with Gasteiger partial charge in [-0.25, -0.2) is 0 Å². The Morgan fingerprint density at radius 2 is 1.79 bits per heavy atom. The molecule has 0 N–H and O–H groups in total. The van der Waals surface area contributed by atoms with Crippen molar-refractivity contribution in [3.8, 4) is 0 Å². The SMILES string of the molecule is CCOP(=S)(OCC)SCC(=O)CC. The minimum Gasteiger partial charge on any atom is -0.322 e. The molecule has 0 atom stereocenters. The van der Waals surface area contributed by atoms with Crippen LogP contribution in [-0.4, -0.2) is 24.7 Å². The van der Waals surface area contributed by atoms with Gasteiger partial charge in [-0.3, -0.25) is 4.79 Å². The molecule has 0 bridgehead atoms. The summed E-state index contributed by atoms with van der Waals surface area (Å²) in [7, 11) is 0. The van der Waals surface area contributed by atoms with E-state index in [1.54, 1.807) is 0 Å². The first-order chi connectivity index (χ1) is 6.58. The topological polar surface area (TPSA) is 35.5 Å². The van der Waals surface area contributed by atoms with Crippen LogP contribution in [0.3, 0.4) is 0 Å². The first-order valence-corrected chi connectivity index (χ1v) is 8.86.